The summed E-state index contributed by atoms with van der Waals surface area (Å²) in [4.78, 5) is 13.1. The number of thiophene rings is 1. The van der Waals surface area contributed by atoms with Crippen molar-refractivity contribution in [3.05, 3.63) is 17.0 Å². The molecule has 1 amide bonds. The molecule has 9 heteroatoms. The van der Waals surface area contributed by atoms with Crippen LogP contribution in [0.25, 0.3) is 0 Å². The summed E-state index contributed by atoms with van der Waals surface area (Å²) in [5.41, 5.74) is 5.23. The van der Waals surface area contributed by atoms with Gasteiger partial charge in [0.25, 0.3) is 10.0 Å². The lowest BCUT2D eigenvalue weighted by atomic mass is 9.90. The standard InChI is InChI=1S/C15H25N3O4S2/c1-3-18(4-2)24(20,21)13-6-5-12(23-13)11-17-14(19)15(16)7-9-22-10-8-15/h5-6H,3-4,7-11,16H2,1-2H3,(H,17,19). The van der Waals surface area contributed by atoms with Gasteiger partial charge in [-0.3, -0.25) is 4.79 Å². The molecule has 1 fully saturated rings. The quantitative estimate of drug-likeness (QED) is 0.737. The van der Waals surface area contributed by atoms with E-state index in [-0.39, 0.29) is 12.5 Å². The molecule has 136 valence electrons. The normalized spacial score (nSPS) is 17.8. The van der Waals surface area contributed by atoms with Crippen molar-refractivity contribution in [2.45, 2.75) is 43.0 Å². The van der Waals surface area contributed by atoms with Crippen LogP contribution in [0.4, 0.5) is 0 Å². The van der Waals surface area contributed by atoms with Crippen molar-refractivity contribution < 1.29 is 17.9 Å². The molecular formula is C15H25N3O4S2. The van der Waals surface area contributed by atoms with E-state index in [1.165, 1.54) is 15.6 Å². The number of rotatable bonds is 7. The van der Waals surface area contributed by atoms with Crippen LogP contribution in [0.2, 0.25) is 0 Å². The fraction of sp³-hybridized carbons (Fsp3) is 0.667. The Hall–Kier alpha value is -1.00. The van der Waals surface area contributed by atoms with E-state index in [0.717, 1.165) is 4.88 Å². The number of nitrogens with two attached hydrogens (primary N) is 1. The Kier molecular flexibility index (Phi) is 6.38. The Balaban J connectivity index is 2.00. The molecule has 2 rings (SSSR count). The molecule has 1 saturated heterocycles. The lowest BCUT2D eigenvalue weighted by molar-refractivity contribution is -0.129. The average Bonchev–Trinajstić information content (AvgIpc) is 3.04. The molecule has 1 aliphatic heterocycles. The fourth-order valence-corrected chi connectivity index (χ4v) is 5.50. The highest BCUT2D eigenvalue weighted by molar-refractivity contribution is 7.91. The van der Waals surface area contributed by atoms with Crippen molar-refractivity contribution in [2.75, 3.05) is 26.3 Å². The van der Waals surface area contributed by atoms with Crippen molar-refractivity contribution in [1.29, 1.82) is 0 Å². The van der Waals surface area contributed by atoms with Crippen LogP contribution in [0, 0.1) is 0 Å². The van der Waals surface area contributed by atoms with E-state index in [4.69, 9.17) is 10.5 Å². The molecule has 24 heavy (non-hydrogen) atoms. The van der Waals surface area contributed by atoms with Gasteiger partial charge in [-0.15, -0.1) is 11.3 Å². The van der Waals surface area contributed by atoms with E-state index in [2.05, 4.69) is 5.32 Å². The average molecular weight is 376 g/mol. The van der Waals surface area contributed by atoms with E-state index in [1.807, 2.05) is 13.8 Å². The van der Waals surface area contributed by atoms with Gasteiger partial charge in [0.1, 0.15) is 4.21 Å². The first-order chi connectivity index (χ1) is 11.3. The smallest absolute Gasteiger partial charge is 0.252 e. The summed E-state index contributed by atoms with van der Waals surface area (Å²) in [7, 11) is -3.45. The molecule has 3 N–H and O–H groups in total. The van der Waals surface area contributed by atoms with Gasteiger partial charge in [-0.05, 0) is 25.0 Å². The van der Waals surface area contributed by atoms with Crippen molar-refractivity contribution >= 4 is 27.3 Å². The number of nitrogens with one attached hydrogen (secondary N) is 1. The van der Waals surface area contributed by atoms with Gasteiger partial charge < -0.3 is 15.8 Å². The maximum Gasteiger partial charge on any atom is 0.252 e. The number of sulfonamides is 1. The van der Waals surface area contributed by atoms with Gasteiger partial charge in [0, 0.05) is 31.2 Å². The molecule has 1 aliphatic rings. The zero-order valence-electron chi connectivity index (χ0n) is 14.1. The lowest BCUT2D eigenvalue weighted by Gasteiger charge is -2.31. The topological polar surface area (TPSA) is 102 Å². The fourth-order valence-electron chi connectivity index (χ4n) is 2.59. The second-order valence-corrected chi connectivity index (χ2v) is 9.09. The van der Waals surface area contributed by atoms with Gasteiger partial charge in [-0.1, -0.05) is 13.8 Å². The first kappa shape index (κ1) is 19.3. The summed E-state index contributed by atoms with van der Waals surface area (Å²) in [6.45, 7) is 5.72. The Morgan fingerprint density at radius 1 is 1.33 bits per heavy atom. The zero-order valence-corrected chi connectivity index (χ0v) is 15.7. The van der Waals surface area contributed by atoms with Crippen LogP contribution < -0.4 is 11.1 Å². The molecule has 0 saturated carbocycles. The molecule has 1 aromatic heterocycles. The molecule has 0 spiro atoms. The number of ether oxygens (including phenoxy) is 1. The first-order valence-electron chi connectivity index (χ1n) is 8.07. The summed E-state index contributed by atoms with van der Waals surface area (Å²) in [6, 6.07) is 3.32. The largest absolute Gasteiger partial charge is 0.381 e. The van der Waals surface area contributed by atoms with Crippen LogP contribution in [0.15, 0.2) is 16.3 Å². The number of hydrogen-bond donors (Lipinski definition) is 2. The number of nitrogens with zero attached hydrogens (tertiary/aromatic N) is 1. The van der Waals surface area contributed by atoms with Crippen molar-refractivity contribution in [2.24, 2.45) is 5.73 Å². The molecule has 7 nitrogen and oxygen atoms in total. The van der Waals surface area contributed by atoms with Gasteiger partial charge >= 0.3 is 0 Å². The number of carbonyl (C=O) groups excluding carboxylic acids is 1. The molecule has 0 atom stereocenters. The van der Waals surface area contributed by atoms with E-state index in [1.54, 1.807) is 12.1 Å². The number of hydrogen-bond acceptors (Lipinski definition) is 6. The Morgan fingerprint density at radius 2 is 1.96 bits per heavy atom. The Labute approximate surface area is 147 Å². The second kappa shape index (κ2) is 7.92. The minimum Gasteiger partial charge on any atom is -0.381 e. The van der Waals surface area contributed by atoms with Crippen molar-refractivity contribution in [3.8, 4) is 0 Å². The number of amides is 1. The van der Waals surface area contributed by atoms with E-state index in [9.17, 15) is 13.2 Å². The summed E-state index contributed by atoms with van der Waals surface area (Å²) in [6.07, 6.45) is 0.982. The SMILES string of the molecule is CCN(CC)S(=O)(=O)c1ccc(CNC(=O)C2(N)CCOCC2)s1. The first-order valence-corrected chi connectivity index (χ1v) is 10.3. The third kappa shape index (κ3) is 4.15. The Bertz CT molecular complexity index is 662. The highest BCUT2D eigenvalue weighted by atomic mass is 32.2. The van der Waals surface area contributed by atoms with Gasteiger partial charge in [0.2, 0.25) is 5.91 Å². The molecule has 0 aromatic carbocycles. The third-order valence-corrected chi connectivity index (χ3v) is 7.80. The van der Waals surface area contributed by atoms with Crippen LogP contribution in [0.1, 0.15) is 31.6 Å². The molecule has 2 heterocycles. The molecule has 0 aliphatic carbocycles. The van der Waals surface area contributed by atoms with Crippen LogP contribution in [0.5, 0.6) is 0 Å². The molecule has 0 bridgehead atoms. The van der Waals surface area contributed by atoms with E-state index >= 15 is 0 Å². The summed E-state index contributed by atoms with van der Waals surface area (Å²) in [5.74, 6) is -0.215. The molecular weight excluding hydrogens is 350 g/mol. The monoisotopic (exact) mass is 375 g/mol. The zero-order chi connectivity index (χ0) is 17.8. The molecule has 0 radical (unpaired) electrons. The van der Waals surface area contributed by atoms with Crippen LogP contribution in [-0.4, -0.2) is 50.5 Å². The second-order valence-electron chi connectivity index (χ2n) is 5.76. The lowest BCUT2D eigenvalue weighted by Crippen LogP contribution is -2.56. The molecule has 0 unspecified atom stereocenters. The number of carbonyl (C=O) groups is 1. The van der Waals surface area contributed by atoms with Gasteiger partial charge in [0.05, 0.1) is 12.1 Å². The van der Waals surface area contributed by atoms with Crippen molar-refractivity contribution in [3.63, 3.8) is 0 Å². The van der Waals surface area contributed by atoms with Gasteiger partial charge in [0.15, 0.2) is 0 Å². The maximum absolute atomic E-state index is 12.5. The summed E-state index contributed by atoms with van der Waals surface area (Å²) >= 11 is 1.18. The Morgan fingerprint density at radius 3 is 2.54 bits per heavy atom. The van der Waals surface area contributed by atoms with Crippen LogP contribution in [-0.2, 0) is 26.1 Å². The van der Waals surface area contributed by atoms with Crippen LogP contribution >= 0.6 is 11.3 Å². The molecule has 1 aromatic rings. The predicted octanol–water partition coefficient (Wildman–Crippen LogP) is 0.903. The van der Waals surface area contributed by atoms with Gasteiger partial charge in [-0.2, -0.15) is 4.31 Å². The minimum absolute atomic E-state index is 0.215. The van der Waals surface area contributed by atoms with E-state index in [0.29, 0.717) is 43.4 Å². The highest BCUT2D eigenvalue weighted by Crippen LogP contribution is 2.25. The van der Waals surface area contributed by atoms with Gasteiger partial charge in [-0.25, -0.2) is 8.42 Å². The van der Waals surface area contributed by atoms with Crippen molar-refractivity contribution in [1.82, 2.24) is 9.62 Å². The maximum atomic E-state index is 12.5. The minimum atomic E-state index is -3.45. The summed E-state index contributed by atoms with van der Waals surface area (Å²) in [5, 5.41) is 2.81. The van der Waals surface area contributed by atoms with E-state index < -0.39 is 15.6 Å². The predicted molar refractivity (Wildman–Crippen MR) is 93.2 cm³/mol. The third-order valence-electron chi connectivity index (χ3n) is 4.20. The summed E-state index contributed by atoms with van der Waals surface area (Å²) < 4.78 is 31.9. The van der Waals surface area contributed by atoms with Crippen LogP contribution in [0.3, 0.4) is 0 Å². The highest BCUT2D eigenvalue weighted by Gasteiger charge is 2.35.